The SMILES string of the molecule is COC(=O)c1cccc(OCC(OC)OC)c1C(=O)OC. The Bertz CT molecular complexity index is 494. The topological polar surface area (TPSA) is 80.3 Å². The standard InChI is InChI=1S/C14H18O7/c1-17-11(18-2)8-21-10-7-5-6-9(13(15)19-3)12(10)14(16)20-4/h5-7,11H,8H2,1-4H3. The normalized spacial score (nSPS) is 10.3. The minimum Gasteiger partial charge on any atom is -0.487 e. The van der Waals surface area contributed by atoms with Crippen LogP contribution >= 0.6 is 0 Å². The van der Waals surface area contributed by atoms with Crippen molar-refractivity contribution in [1.82, 2.24) is 0 Å². The molecule has 0 saturated carbocycles. The third-order valence-corrected chi connectivity index (χ3v) is 2.72. The lowest BCUT2D eigenvalue weighted by Gasteiger charge is -2.17. The third-order valence-electron chi connectivity index (χ3n) is 2.72. The van der Waals surface area contributed by atoms with Crippen LogP contribution in [0.1, 0.15) is 20.7 Å². The Balaban J connectivity index is 3.13. The summed E-state index contributed by atoms with van der Waals surface area (Å²) in [5.41, 5.74) is 0.0611. The van der Waals surface area contributed by atoms with E-state index in [9.17, 15) is 9.59 Å². The van der Waals surface area contributed by atoms with Gasteiger partial charge < -0.3 is 23.7 Å². The summed E-state index contributed by atoms with van der Waals surface area (Å²) >= 11 is 0. The molecule has 7 heteroatoms. The highest BCUT2D eigenvalue weighted by Crippen LogP contribution is 2.24. The van der Waals surface area contributed by atoms with Crippen molar-refractivity contribution in [2.45, 2.75) is 6.29 Å². The lowest BCUT2D eigenvalue weighted by Crippen LogP contribution is -2.23. The van der Waals surface area contributed by atoms with Crippen molar-refractivity contribution in [1.29, 1.82) is 0 Å². The molecule has 0 spiro atoms. The fraction of sp³-hybridized carbons (Fsp3) is 0.429. The van der Waals surface area contributed by atoms with E-state index >= 15 is 0 Å². The lowest BCUT2D eigenvalue weighted by molar-refractivity contribution is -0.122. The predicted molar refractivity (Wildman–Crippen MR) is 72.4 cm³/mol. The van der Waals surface area contributed by atoms with Gasteiger partial charge in [-0.3, -0.25) is 0 Å². The van der Waals surface area contributed by atoms with Gasteiger partial charge in [0.15, 0.2) is 6.29 Å². The zero-order chi connectivity index (χ0) is 15.8. The van der Waals surface area contributed by atoms with Crippen molar-refractivity contribution < 1.29 is 33.3 Å². The summed E-state index contributed by atoms with van der Waals surface area (Å²) in [6.45, 7) is 0.0433. The number of carbonyl (C=O) groups is 2. The second-order valence-electron chi connectivity index (χ2n) is 3.87. The molecule has 0 N–H and O–H groups in total. The van der Waals surface area contributed by atoms with Gasteiger partial charge in [-0.15, -0.1) is 0 Å². The van der Waals surface area contributed by atoms with Crippen LogP contribution in [-0.4, -0.2) is 53.3 Å². The molecule has 0 fully saturated rings. The fourth-order valence-electron chi connectivity index (χ4n) is 1.63. The van der Waals surface area contributed by atoms with E-state index in [4.69, 9.17) is 14.2 Å². The van der Waals surface area contributed by atoms with Crippen LogP contribution in [0.5, 0.6) is 5.75 Å². The van der Waals surface area contributed by atoms with E-state index in [1.54, 1.807) is 12.1 Å². The molecule has 0 bridgehead atoms. The Morgan fingerprint density at radius 1 is 1.00 bits per heavy atom. The molecule has 0 radical (unpaired) electrons. The van der Waals surface area contributed by atoms with Gasteiger partial charge >= 0.3 is 11.9 Å². The van der Waals surface area contributed by atoms with Gasteiger partial charge in [0.1, 0.15) is 17.9 Å². The molecule has 0 amide bonds. The van der Waals surface area contributed by atoms with Crippen LogP contribution in [0.2, 0.25) is 0 Å². The van der Waals surface area contributed by atoms with E-state index in [0.29, 0.717) is 0 Å². The van der Waals surface area contributed by atoms with Crippen molar-refractivity contribution in [2.24, 2.45) is 0 Å². The van der Waals surface area contributed by atoms with Gasteiger partial charge in [-0.1, -0.05) is 6.07 Å². The molecule has 7 nitrogen and oxygen atoms in total. The first-order chi connectivity index (χ1) is 10.1. The smallest absolute Gasteiger partial charge is 0.342 e. The minimum absolute atomic E-state index is 0.00203. The number of hydrogen-bond acceptors (Lipinski definition) is 7. The van der Waals surface area contributed by atoms with Crippen LogP contribution in [0.15, 0.2) is 18.2 Å². The predicted octanol–water partition coefficient (Wildman–Crippen LogP) is 1.26. The Morgan fingerprint density at radius 2 is 1.62 bits per heavy atom. The second kappa shape index (κ2) is 8.23. The number of carbonyl (C=O) groups excluding carboxylic acids is 2. The molecule has 0 unspecified atom stereocenters. The molecule has 116 valence electrons. The summed E-state index contributed by atoms with van der Waals surface area (Å²) in [6, 6.07) is 4.57. The first-order valence-corrected chi connectivity index (χ1v) is 6.07. The quantitative estimate of drug-likeness (QED) is 0.553. The number of esters is 2. The van der Waals surface area contributed by atoms with Crippen LogP contribution in [0, 0.1) is 0 Å². The Kier molecular flexibility index (Phi) is 6.64. The number of hydrogen-bond donors (Lipinski definition) is 0. The van der Waals surface area contributed by atoms with Gasteiger partial charge in [0.05, 0.1) is 19.8 Å². The highest BCUT2D eigenvalue weighted by Gasteiger charge is 2.23. The molecule has 0 aliphatic heterocycles. The van der Waals surface area contributed by atoms with Gasteiger partial charge in [0, 0.05) is 14.2 Å². The Morgan fingerprint density at radius 3 is 2.14 bits per heavy atom. The van der Waals surface area contributed by atoms with Gasteiger partial charge in [-0.25, -0.2) is 9.59 Å². The van der Waals surface area contributed by atoms with Gasteiger partial charge in [-0.2, -0.15) is 0 Å². The molecular weight excluding hydrogens is 280 g/mol. The summed E-state index contributed by atoms with van der Waals surface area (Å²) in [6.07, 6.45) is -0.600. The third kappa shape index (κ3) is 4.17. The molecule has 1 aromatic rings. The lowest BCUT2D eigenvalue weighted by atomic mass is 10.1. The molecule has 1 rings (SSSR count). The highest BCUT2D eigenvalue weighted by atomic mass is 16.7. The molecule has 0 aromatic heterocycles. The first kappa shape index (κ1) is 16.9. The van der Waals surface area contributed by atoms with E-state index in [0.717, 1.165) is 0 Å². The van der Waals surface area contributed by atoms with Crippen molar-refractivity contribution in [3.05, 3.63) is 29.3 Å². The van der Waals surface area contributed by atoms with Gasteiger partial charge in [0.2, 0.25) is 0 Å². The Hall–Kier alpha value is -2.12. The zero-order valence-corrected chi connectivity index (χ0v) is 12.4. The largest absolute Gasteiger partial charge is 0.487 e. The summed E-state index contributed by atoms with van der Waals surface area (Å²) in [5.74, 6) is -1.17. The van der Waals surface area contributed by atoms with Crippen LogP contribution < -0.4 is 4.74 Å². The van der Waals surface area contributed by atoms with Crippen molar-refractivity contribution >= 4 is 11.9 Å². The maximum Gasteiger partial charge on any atom is 0.342 e. The zero-order valence-electron chi connectivity index (χ0n) is 12.4. The molecule has 21 heavy (non-hydrogen) atoms. The van der Waals surface area contributed by atoms with Crippen LogP contribution in [0.3, 0.4) is 0 Å². The summed E-state index contributed by atoms with van der Waals surface area (Å²) < 4.78 is 24.8. The van der Waals surface area contributed by atoms with E-state index in [-0.39, 0.29) is 23.5 Å². The molecule has 0 heterocycles. The van der Waals surface area contributed by atoms with E-state index in [2.05, 4.69) is 9.47 Å². The summed E-state index contributed by atoms with van der Waals surface area (Å²) in [5, 5.41) is 0. The average Bonchev–Trinajstić information content (AvgIpc) is 2.53. The number of ether oxygens (including phenoxy) is 5. The van der Waals surface area contributed by atoms with Crippen LogP contribution in [-0.2, 0) is 18.9 Å². The van der Waals surface area contributed by atoms with Crippen LogP contribution in [0.4, 0.5) is 0 Å². The first-order valence-electron chi connectivity index (χ1n) is 6.07. The maximum atomic E-state index is 11.9. The summed E-state index contributed by atoms with van der Waals surface area (Å²) in [4.78, 5) is 23.6. The van der Waals surface area contributed by atoms with Crippen molar-refractivity contribution in [3.63, 3.8) is 0 Å². The molecule has 0 aliphatic carbocycles. The molecule has 0 atom stereocenters. The number of rotatable bonds is 7. The fourth-order valence-corrected chi connectivity index (χ4v) is 1.63. The highest BCUT2D eigenvalue weighted by molar-refractivity contribution is 6.05. The molecular formula is C14H18O7. The van der Waals surface area contributed by atoms with Gasteiger partial charge in [-0.05, 0) is 12.1 Å². The van der Waals surface area contributed by atoms with Crippen LogP contribution in [0.25, 0.3) is 0 Å². The monoisotopic (exact) mass is 298 g/mol. The molecule has 0 aliphatic rings. The van der Waals surface area contributed by atoms with E-state index < -0.39 is 18.2 Å². The minimum atomic E-state index is -0.697. The maximum absolute atomic E-state index is 11.9. The van der Waals surface area contributed by atoms with Gasteiger partial charge in [0.25, 0.3) is 0 Å². The van der Waals surface area contributed by atoms with E-state index in [1.807, 2.05) is 0 Å². The number of benzene rings is 1. The van der Waals surface area contributed by atoms with E-state index in [1.165, 1.54) is 34.5 Å². The van der Waals surface area contributed by atoms with Crippen molar-refractivity contribution in [3.8, 4) is 5.75 Å². The second-order valence-corrected chi connectivity index (χ2v) is 3.87. The average molecular weight is 298 g/mol. The van der Waals surface area contributed by atoms with Crippen molar-refractivity contribution in [2.75, 3.05) is 35.0 Å². The molecule has 1 aromatic carbocycles. The number of methoxy groups -OCH3 is 4. The molecule has 0 saturated heterocycles. The Labute approximate surface area is 122 Å². The summed E-state index contributed by atoms with van der Waals surface area (Å²) in [7, 11) is 5.36.